The highest BCUT2D eigenvalue weighted by atomic mass is 16.7. The van der Waals surface area contributed by atoms with E-state index in [4.69, 9.17) is 19.0 Å². The van der Waals surface area contributed by atoms with Crippen LogP contribution in [-0.4, -0.2) is 68.2 Å². The summed E-state index contributed by atoms with van der Waals surface area (Å²) in [4.78, 5) is 30.7. The monoisotopic (exact) mass is 578 g/mol. The summed E-state index contributed by atoms with van der Waals surface area (Å²) in [5, 5.41) is 14.3. The number of hydroxylamine groups is 1. The molecule has 9 heteroatoms. The molecular formula is C32H54N2O7. The third-order valence-electron chi connectivity index (χ3n) is 6.94. The van der Waals surface area contributed by atoms with Gasteiger partial charge < -0.3 is 24.6 Å². The van der Waals surface area contributed by atoms with E-state index < -0.39 is 23.7 Å². The van der Waals surface area contributed by atoms with Gasteiger partial charge in [0, 0.05) is 13.2 Å². The van der Waals surface area contributed by atoms with Gasteiger partial charge in [0.25, 0.3) is 0 Å². The summed E-state index contributed by atoms with van der Waals surface area (Å²) in [6.45, 7) is 17.6. The van der Waals surface area contributed by atoms with Crippen molar-refractivity contribution < 1.29 is 33.7 Å². The first-order valence-corrected chi connectivity index (χ1v) is 14.9. The minimum Gasteiger partial charge on any atom is -0.493 e. The average Bonchev–Trinajstić information content (AvgIpc) is 2.92. The Hall–Kier alpha value is -2.42. The zero-order valence-electron chi connectivity index (χ0n) is 26.7. The van der Waals surface area contributed by atoms with Gasteiger partial charge >= 0.3 is 0 Å². The predicted octanol–water partition coefficient (Wildman–Crippen LogP) is 4.67. The van der Waals surface area contributed by atoms with Crippen LogP contribution in [0.25, 0.3) is 0 Å². The van der Waals surface area contributed by atoms with Crippen LogP contribution in [0.15, 0.2) is 23.8 Å². The van der Waals surface area contributed by atoms with Crippen molar-refractivity contribution in [3.63, 3.8) is 0 Å². The molecule has 0 bridgehead atoms. The van der Waals surface area contributed by atoms with Crippen LogP contribution < -0.4 is 20.3 Å². The van der Waals surface area contributed by atoms with Crippen LogP contribution in [0.4, 0.5) is 0 Å². The second kappa shape index (κ2) is 18.9. The molecule has 1 rings (SSSR count). The molecule has 0 radical (unpaired) electrons. The molecule has 0 heterocycles. The van der Waals surface area contributed by atoms with Gasteiger partial charge in [-0.05, 0) is 83.4 Å². The summed E-state index contributed by atoms with van der Waals surface area (Å²) in [5.74, 6) is 2.37. The van der Waals surface area contributed by atoms with Gasteiger partial charge in [0.2, 0.25) is 5.91 Å². The molecule has 0 aliphatic carbocycles. The highest BCUT2D eigenvalue weighted by Crippen LogP contribution is 2.32. The van der Waals surface area contributed by atoms with Crippen molar-refractivity contribution in [2.24, 2.45) is 17.8 Å². The summed E-state index contributed by atoms with van der Waals surface area (Å²) in [6.07, 6.45) is 1.69. The van der Waals surface area contributed by atoms with Gasteiger partial charge in [0.15, 0.2) is 11.5 Å². The molecule has 0 saturated carbocycles. The number of methoxy groups -OCH3 is 1. The summed E-state index contributed by atoms with van der Waals surface area (Å²) >= 11 is 0. The lowest BCUT2D eigenvalue weighted by Gasteiger charge is -2.33. The van der Waals surface area contributed by atoms with Gasteiger partial charge in [-0.25, -0.2) is 4.79 Å². The molecule has 1 aromatic carbocycles. The van der Waals surface area contributed by atoms with E-state index in [0.29, 0.717) is 50.7 Å². The Morgan fingerprint density at radius 2 is 1.80 bits per heavy atom. The first-order valence-electron chi connectivity index (χ1n) is 14.9. The van der Waals surface area contributed by atoms with Crippen molar-refractivity contribution >= 4 is 11.8 Å². The summed E-state index contributed by atoms with van der Waals surface area (Å²) < 4.78 is 16.8. The second-order valence-corrected chi connectivity index (χ2v) is 11.8. The molecule has 3 N–H and O–H groups in total. The smallest absolute Gasteiger partial charge is 0.227 e. The number of aliphatic hydroxyl groups is 1. The standard InChI is InChI=1S/C32H54N2O7/c1-10-12-15-33-31(37)23(5)26(21-35)30(36)27(34-41-32(6,7)8)20-25(22(3)4)18-24-13-14-28(38-9)29(19-24)40-17-16-39-11-2/h13-14,19,22-23,25,27,30,34,36H,10-12,15-18,20H2,1-9H3,(H,33,37)/t23-,25+,27+,30+/m1/s1. The highest BCUT2D eigenvalue weighted by molar-refractivity contribution is 5.84. The van der Waals surface area contributed by atoms with Crippen molar-refractivity contribution in [1.82, 2.24) is 10.8 Å². The van der Waals surface area contributed by atoms with E-state index in [1.807, 2.05) is 58.8 Å². The number of ether oxygens (including phenoxy) is 3. The minimum atomic E-state index is -1.27. The Morgan fingerprint density at radius 1 is 1.10 bits per heavy atom. The van der Waals surface area contributed by atoms with Crippen molar-refractivity contribution in [3.05, 3.63) is 29.3 Å². The molecule has 41 heavy (non-hydrogen) atoms. The van der Waals surface area contributed by atoms with E-state index in [-0.39, 0.29) is 23.3 Å². The third kappa shape index (κ3) is 13.4. The lowest BCUT2D eigenvalue weighted by atomic mass is 9.81. The molecule has 0 unspecified atom stereocenters. The number of nitrogens with one attached hydrogen (secondary N) is 2. The van der Waals surface area contributed by atoms with Crippen molar-refractivity contribution in [3.8, 4) is 11.5 Å². The maximum absolute atomic E-state index is 12.7. The van der Waals surface area contributed by atoms with E-state index in [9.17, 15) is 14.7 Å². The van der Waals surface area contributed by atoms with E-state index in [1.165, 1.54) is 0 Å². The van der Waals surface area contributed by atoms with Gasteiger partial charge in [-0.2, -0.15) is 5.48 Å². The molecule has 0 fully saturated rings. The fourth-order valence-electron chi connectivity index (χ4n) is 4.33. The lowest BCUT2D eigenvalue weighted by Crippen LogP contribution is -2.48. The average molecular weight is 579 g/mol. The van der Waals surface area contributed by atoms with Crippen LogP contribution >= 0.6 is 0 Å². The SMILES string of the molecule is CCCCNC(=O)[C@H](C)C(=C=O)[C@H](O)[C@H](C[C@H](Cc1ccc(OC)c(OCCOCC)c1)C(C)C)NOC(C)(C)C. The second-order valence-electron chi connectivity index (χ2n) is 11.8. The largest absolute Gasteiger partial charge is 0.493 e. The number of rotatable bonds is 20. The van der Waals surface area contributed by atoms with Gasteiger partial charge in [-0.3, -0.25) is 9.63 Å². The van der Waals surface area contributed by atoms with Gasteiger partial charge in [0.1, 0.15) is 18.7 Å². The Labute approximate surface area is 247 Å². The maximum atomic E-state index is 12.7. The molecule has 234 valence electrons. The number of hydrogen-bond acceptors (Lipinski definition) is 8. The quantitative estimate of drug-likeness (QED) is 0.116. The van der Waals surface area contributed by atoms with Crippen molar-refractivity contribution in [2.75, 3.05) is 33.5 Å². The first kappa shape index (κ1) is 36.6. The number of amides is 1. The van der Waals surface area contributed by atoms with E-state index in [0.717, 1.165) is 18.4 Å². The molecule has 4 atom stereocenters. The normalized spacial score (nSPS) is 14.6. The van der Waals surface area contributed by atoms with Crippen LogP contribution in [0, 0.1) is 17.8 Å². The van der Waals surface area contributed by atoms with E-state index in [1.54, 1.807) is 14.0 Å². The van der Waals surface area contributed by atoms with Gasteiger partial charge in [0.05, 0.1) is 36.9 Å². The molecule has 1 aromatic rings. The Kier molecular flexibility index (Phi) is 16.9. The van der Waals surface area contributed by atoms with Crippen LogP contribution in [-0.2, 0) is 25.6 Å². The van der Waals surface area contributed by atoms with Crippen LogP contribution in [0.2, 0.25) is 0 Å². The molecule has 0 aliphatic heterocycles. The van der Waals surface area contributed by atoms with Crippen molar-refractivity contribution in [2.45, 2.75) is 98.8 Å². The molecule has 0 aromatic heterocycles. The molecule has 0 aliphatic rings. The number of hydrogen-bond donors (Lipinski definition) is 3. The van der Waals surface area contributed by atoms with Crippen LogP contribution in [0.3, 0.4) is 0 Å². The Bertz CT molecular complexity index is 954. The van der Waals surface area contributed by atoms with Gasteiger partial charge in [-0.15, -0.1) is 0 Å². The highest BCUT2D eigenvalue weighted by Gasteiger charge is 2.34. The molecule has 0 spiro atoms. The molecule has 0 saturated heterocycles. The summed E-state index contributed by atoms with van der Waals surface area (Å²) in [6, 6.07) is 5.23. The zero-order chi connectivity index (χ0) is 31.0. The number of benzene rings is 1. The van der Waals surface area contributed by atoms with Crippen LogP contribution in [0.5, 0.6) is 11.5 Å². The summed E-state index contributed by atoms with van der Waals surface area (Å²) in [5.41, 5.74) is 3.54. The topological polar surface area (TPSA) is 115 Å². The van der Waals surface area contributed by atoms with Gasteiger partial charge in [-0.1, -0.05) is 33.3 Å². The number of aliphatic hydroxyl groups excluding tert-OH is 1. The minimum absolute atomic E-state index is 0.00551. The zero-order valence-corrected chi connectivity index (χ0v) is 26.7. The fourth-order valence-corrected chi connectivity index (χ4v) is 4.33. The Balaban J connectivity index is 3.20. The molecular weight excluding hydrogens is 524 g/mol. The van der Waals surface area contributed by atoms with E-state index in [2.05, 4.69) is 24.6 Å². The summed E-state index contributed by atoms with van der Waals surface area (Å²) in [7, 11) is 1.61. The van der Waals surface area contributed by atoms with Crippen LogP contribution in [0.1, 0.15) is 80.2 Å². The Morgan fingerprint density at radius 3 is 2.37 bits per heavy atom. The number of carbonyl (C=O) groups excluding carboxylic acids is 2. The lowest BCUT2D eigenvalue weighted by molar-refractivity contribution is -0.124. The molecule has 9 nitrogen and oxygen atoms in total. The fraction of sp³-hybridized carbons (Fsp3) is 0.719. The van der Waals surface area contributed by atoms with E-state index >= 15 is 0 Å². The number of carbonyl (C=O) groups is 1. The maximum Gasteiger partial charge on any atom is 0.227 e. The predicted molar refractivity (Wildman–Crippen MR) is 162 cm³/mol. The third-order valence-corrected chi connectivity index (χ3v) is 6.94. The first-order chi connectivity index (χ1) is 19.4. The van der Waals surface area contributed by atoms with Crippen molar-refractivity contribution in [1.29, 1.82) is 0 Å². The number of unbranched alkanes of at least 4 members (excludes halogenated alkanes) is 1. The molecule has 1 amide bonds.